The lowest BCUT2D eigenvalue weighted by molar-refractivity contribution is -0.136. The Balaban J connectivity index is 2.65. The van der Waals surface area contributed by atoms with Gasteiger partial charge in [-0.05, 0) is 6.07 Å². The van der Waals surface area contributed by atoms with Crippen LogP contribution in [0.1, 0.15) is 11.3 Å². The highest BCUT2D eigenvalue weighted by molar-refractivity contribution is 7.79. The van der Waals surface area contributed by atoms with Crippen LogP contribution in [0.2, 0.25) is 0 Å². The molecule has 0 spiro atoms. The van der Waals surface area contributed by atoms with Crippen molar-refractivity contribution in [1.29, 1.82) is 0 Å². The van der Waals surface area contributed by atoms with Gasteiger partial charge in [0.25, 0.3) is 0 Å². The molecule has 0 unspecified atom stereocenters. The van der Waals surface area contributed by atoms with Crippen molar-refractivity contribution in [3.63, 3.8) is 0 Å². The summed E-state index contributed by atoms with van der Waals surface area (Å²) in [6, 6.07) is 1.70. The Bertz CT molecular complexity index is 254. The summed E-state index contributed by atoms with van der Waals surface area (Å²) in [5.74, 6) is 0.348. The zero-order chi connectivity index (χ0) is 8.27. The van der Waals surface area contributed by atoms with E-state index in [0.717, 1.165) is 0 Å². The number of furan rings is 1. The summed E-state index contributed by atoms with van der Waals surface area (Å²) >= 11 is 3.97. The van der Waals surface area contributed by atoms with E-state index in [0.29, 0.717) is 17.1 Å². The molecule has 1 N–H and O–H groups in total. The van der Waals surface area contributed by atoms with Crippen LogP contribution in [0.4, 0.5) is 0 Å². The second kappa shape index (κ2) is 3.48. The summed E-state index contributed by atoms with van der Waals surface area (Å²) in [5, 5.41) is 8.39. The molecule has 0 atom stereocenters. The molecule has 0 aliphatic carbocycles. The number of hydrogen-bond acceptors (Lipinski definition) is 3. The fourth-order valence-electron chi connectivity index (χ4n) is 0.776. The van der Waals surface area contributed by atoms with Gasteiger partial charge in [-0.15, -0.1) is 0 Å². The van der Waals surface area contributed by atoms with Crippen LogP contribution in [0.15, 0.2) is 16.7 Å². The highest BCUT2D eigenvalue weighted by Gasteiger charge is 2.03. The molecule has 60 valence electrons. The van der Waals surface area contributed by atoms with Gasteiger partial charge in [-0.1, -0.05) is 0 Å². The van der Waals surface area contributed by atoms with E-state index in [-0.39, 0.29) is 6.42 Å². The molecule has 1 rings (SSSR count). The average Bonchev–Trinajstić information content (AvgIpc) is 2.34. The van der Waals surface area contributed by atoms with Crippen molar-refractivity contribution in [3.8, 4) is 0 Å². The Morgan fingerprint density at radius 1 is 1.73 bits per heavy atom. The number of carboxylic acids is 1. The summed E-state index contributed by atoms with van der Waals surface area (Å²) in [6.07, 6.45) is 1.46. The van der Waals surface area contributed by atoms with E-state index < -0.39 is 5.97 Å². The van der Waals surface area contributed by atoms with Crippen molar-refractivity contribution < 1.29 is 14.3 Å². The molecule has 0 aliphatic heterocycles. The molecule has 11 heavy (non-hydrogen) atoms. The quantitative estimate of drug-likeness (QED) is 0.676. The van der Waals surface area contributed by atoms with Gasteiger partial charge in [-0.2, -0.15) is 12.6 Å². The van der Waals surface area contributed by atoms with Crippen LogP contribution in [-0.2, 0) is 17.0 Å². The normalized spacial score (nSPS) is 9.91. The van der Waals surface area contributed by atoms with Gasteiger partial charge in [0.2, 0.25) is 0 Å². The van der Waals surface area contributed by atoms with E-state index in [1.54, 1.807) is 6.07 Å². The Hall–Kier alpha value is -0.900. The predicted molar refractivity (Wildman–Crippen MR) is 42.7 cm³/mol. The van der Waals surface area contributed by atoms with Gasteiger partial charge >= 0.3 is 5.97 Å². The fraction of sp³-hybridized carbons (Fsp3) is 0.286. The second-order valence-electron chi connectivity index (χ2n) is 2.15. The molecule has 0 saturated carbocycles. The summed E-state index contributed by atoms with van der Waals surface area (Å²) in [5.41, 5.74) is 0.682. The van der Waals surface area contributed by atoms with E-state index in [1.165, 1.54) is 6.26 Å². The zero-order valence-corrected chi connectivity index (χ0v) is 6.67. The van der Waals surface area contributed by atoms with Crippen LogP contribution in [0.3, 0.4) is 0 Å². The van der Waals surface area contributed by atoms with Crippen LogP contribution in [-0.4, -0.2) is 11.1 Å². The van der Waals surface area contributed by atoms with Crippen LogP contribution >= 0.6 is 12.6 Å². The number of carbonyl (C=O) groups is 1. The molecule has 4 heteroatoms. The van der Waals surface area contributed by atoms with E-state index in [9.17, 15) is 4.79 Å². The first-order chi connectivity index (χ1) is 5.22. The molecule has 1 aromatic rings. The van der Waals surface area contributed by atoms with Crippen molar-refractivity contribution in [1.82, 2.24) is 0 Å². The van der Waals surface area contributed by atoms with Gasteiger partial charge in [-0.3, -0.25) is 4.79 Å². The molecular weight excluding hydrogens is 164 g/mol. The Morgan fingerprint density at radius 2 is 2.45 bits per heavy atom. The molecular formula is C7H8O3S. The van der Waals surface area contributed by atoms with Gasteiger partial charge in [0, 0.05) is 11.3 Å². The van der Waals surface area contributed by atoms with Gasteiger partial charge < -0.3 is 9.52 Å². The molecule has 3 nitrogen and oxygen atoms in total. The van der Waals surface area contributed by atoms with Gasteiger partial charge in [-0.25, -0.2) is 0 Å². The van der Waals surface area contributed by atoms with E-state index in [4.69, 9.17) is 9.52 Å². The number of carboxylic acid groups (broad SMARTS) is 1. The summed E-state index contributed by atoms with van der Waals surface area (Å²) in [4.78, 5) is 10.2. The highest BCUT2D eigenvalue weighted by Crippen LogP contribution is 2.10. The molecule has 0 saturated heterocycles. The second-order valence-corrected chi connectivity index (χ2v) is 2.47. The van der Waals surface area contributed by atoms with Crippen molar-refractivity contribution in [2.75, 3.05) is 0 Å². The molecule has 0 radical (unpaired) electrons. The topological polar surface area (TPSA) is 50.4 Å². The molecule has 0 fully saturated rings. The average molecular weight is 172 g/mol. The van der Waals surface area contributed by atoms with Crippen molar-refractivity contribution in [2.24, 2.45) is 0 Å². The number of aliphatic carboxylic acids is 1. The predicted octanol–water partition coefficient (Wildman–Crippen LogP) is 1.34. The lowest BCUT2D eigenvalue weighted by atomic mass is 10.2. The molecule has 1 aromatic heterocycles. The van der Waals surface area contributed by atoms with Crippen LogP contribution in [0.25, 0.3) is 0 Å². The lowest BCUT2D eigenvalue weighted by Gasteiger charge is -1.85. The third-order valence-electron chi connectivity index (χ3n) is 1.22. The fourth-order valence-corrected chi connectivity index (χ4v) is 0.942. The number of hydrogen-bond donors (Lipinski definition) is 2. The minimum absolute atomic E-state index is 0.0112. The standard InChI is InChI=1S/C7H8O3S/c8-7(9)2-5-1-6(4-11)10-3-5/h1,3,11H,2,4H2,(H,8,9). The largest absolute Gasteiger partial charge is 0.481 e. The van der Waals surface area contributed by atoms with E-state index in [2.05, 4.69) is 12.6 Å². The molecule has 0 bridgehead atoms. The minimum Gasteiger partial charge on any atom is -0.481 e. The number of rotatable bonds is 3. The summed E-state index contributed by atoms with van der Waals surface area (Å²) < 4.78 is 4.97. The molecule has 0 aromatic carbocycles. The molecule has 0 aliphatic rings. The zero-order valence-electron chi connectivity index (χ0n) is 5.78. The lowest BCUT2D eigenvalue weighted by Crippen LogP contribution is -1.97. The summed E-state index contributed by atoms with van der Waals surface area (Å²) in [7, 11) is 0. The SMILES string of the molecule is O=C(O)Cc1coc(CS)c1. The van der Waals surface area contributed by atoms with Gasteiger partial charge in [0.1, 0.15) is 5.76 Å². The Morgan fingerprint density at radius 3 is 2.91 bits per heavy atom. The van der Waals surface area contributed by atoms with E-state index >= 15 is 0 Å². The Labute approximate surface area is 69.4 Å². The number of thiol groups is 1. The third-order valence-corrected chi connectivity index (χ3v) is 1.53. The molecule has 0 amide bonds. The monoisotopic (exact) mass is 172 g/mol. The first kappa shape index (κ1) is 8.20. The van der Waals surface area contributed by atoms with Crippen LogP contribution in [0.5, 0.6) is 0 Å². The maximum atomic E-state index is 10.2. The van der Waals surface area contributed by atoms with Crippen molar-refractivity contribution in [3.05, 3.63) is 23.7 Å². The smallest absolute Gasteiger partial charge is 0.307 e. The van der Waals surface area contributed by atoms with Gasteiger partial charge in [0.05, 0.1) is 12.7 Å². The third kappa shape index (κ3) is 2.31. The maximum Gasteiger partial charge on any atom is 0.307 e. The van der Waals surface area contributed by atoms with E-state index in [1.807, 2.05) is 0 Å². The van der Waals surface area contributed by atoms with Crippen molar-refractivity contribution in [2.45, 2.75) is 12.2 Å². The van der Waals surface area contributed by atoms with Gasteiger partial charge in [0.15, 0.2) is 0 Å². The molecule has 1 heterocycles. The first-order valence-corrected chi connectivity index (χ1v) is 3.74. The van der Waals surface area contributed by atoms with Crippen LogP contribution < -0.4 is 0 Å². The maximum absolute atomic E-state index is 10.2. The highest BCUT2D eigenvalue weighted by atomic mass is 32.1. The van der Waals surface area contributed by atoms with Crippen LogP contribution in [0, 0.1) is 0 Å². The Kier molecular flexibility index (Phi) is 2.59. The summed E-state index contributed by atoms with van der Waals surface area (Å²) in [6.45, 7) is 0. The minimum atomic E-state index is -0.850. The first-order valence-electron chi connectivity index (χ1n) is 3.11. The van der Waals surface area contributed by atoms with Crippen molar-refractivity contribution >= 4 is 18.6 Å².